The van der Waals surface area contributed by atoms with Gasteiger partial charge in [-0.2, -0.15) is 0 Å². The Labute approximate surface area is 120 Å². The van der Waals surface area contributed by atoms with Gasteiger partial charge in [-0.15, -0.1) is 0 Å². The van der Waals surface area contributed by atoms with Crippen LogP contribution in [0.15, 0.2) is 36.5 Å². The second-order valence-corrected chi connectivity index (χ2v) is 4.69. The van der Waals surface area contributed by atoms with Gasteiger partial charge < -0.3 is 19.9 Å². The van der Waals surface area contributed by atoms with Crippen molar-refractivity contribution in [2.45, 2.75) is 0 Å². The van der Waals surface area contributed by atoms with Crippen molar-refractivity contribution in [3.63, 3.8) is 0 Å². The first kappa shape index (κ1) is 11.9. The first-order valence-corrected chi connectivity index (χ1v) is 6.48. The highest BCUT2D eigenvalue weighted by atomic mass is 16.7. The summed E-state index contributed by atoms with van der Waals surface area (Å²) in [6.07, 6.45) is 1.88. The minimum Gasteiger partial charge on any atom is -0.493 e. The van der Waals surface area contributed by atoms with E-state index in [1.807, 2.05) is 40.9 Å². The van der Waals surface area contributed by atoms with Gasteiger partial charge in [-0.1, -0.05) is 6.07 Å². The zero-order valence-corrected chi connectivity index (χ0v) is 11.4. The minimum atomic E-state index is 0.190. The zero-order chi connectivity index (χ0) is 14.4. The Bertz CT molecular complexity index is 842. The number of methoxy groups -OCH3 is 1. The molecule has 21 heavy (non-hydrogen) atoms. The highest BCUT2D eigenvalue weighted by Gasteiger charge is 2.22. The number of nitrogens with two attached hydrogens (primary N) is 1. The van der Waals surface area contributed by atoms with E-state index in [1.54, 1.807) is 7.11 Å². The maximum Gasteiger partial charge on any atom is 0.231 e. The Morgan fingerprint density at radius 1 is 1.29 bits per heavy atom. The molecule has 1 aliphatic rings. The summed E-state index contributed by atoms with van der Waals surface area (Å²) in [5.74, 6) is 2.44. The van der Waals surface area contributed by atoms with Crippen molar-refractivity contribution in [1.29, 1.82) is 0 Å². The lowest BCUT2D eigenvalue weighted by Gasteiger charge is -2.07. The first-order valence-electron chi connectivity index (χ1n) is 6.48. The highest BCUT2D eigenvalue weighted by Crippen LogP contribution is 2.44. The van der Waals surface area contributed by atoms with Crippen molar-refractivity contribution in [2.24, 2.45) is 0 Å². The zero-order valence-electron chi connectivity index (χ0n) is 11.4. The van der Waals surface area contributed by atoms with Gasteiger partial charge in [-0.25, -0.2) is 4.98 Å². The van der Waals surface area contributed by atoms with Gasteiger partial charge in [0.1, 0.15) is 17.2 Å². The van der Waals surface area contributed by atoms with E-state index in [9.17, 15) is 0 Å². The van der Waals surface area contributed by atoms with E-state index in [1.165, 1.54) is 0 Å². The fourth-order valence-electron chi connectivity index (χ4n) is 2.49. The van der Waals surface area contributed by atoms with Gasteiger partial charge in [0.05, 0.1) is 7.11 Å². The third-order valence-electron chi connectivity index (χ3n) is 3.50. The number of nitrogens with zero attached hydrogens (tertiary/aromatic N) is 2. The molecule has 4 rings (SSSR count). The molecule has 6 heteroatoms. The van der Waals surface area contributed by atoms with Crippen LogP contribution in [0.4, 0.5) is 5.82 Å². The molecule has 1 aromatic carbocycles. The van der Waals surface area contributed by atoms with Gasteiger partial charge in [0.2, 0.25) is 12.5 Å². The molecule has 2 aromatic heterocycles. The Morgan fingerprint density at radius 2 is 2.19 bits per heavy atom. The topological polar surface area (TPSA) is 71.0 Å². The number of aromatic nitrogens is 2. The summed E-state index contributed by atoms with van der Waals surface area (Å²) >= 11 is 0. The Balaban J connectivity index is 1.95. The lowest BCUT2D eigenvalue weighted by molar-refractivity contribution is 0.171. The van der Waals surface area contributed by atoms with Crippen LogP contribution in [0, 0.1) is 0 Å². The van der Waals surface area contributed by atoms with Gasteiger partial charge >= 0.3 is 0 Å². The highest BCUT2D eigenvalue weighted by molar-refractivity contribution is 5.78. The average molecular weight is 283 g/mol. The van der Waals surface area contributed by atoms with Gasteiger partial charge in [0, 0.05) is 11.8 Å². The third-order valence-corrected chi connectivity index (χ3v) is 3.50. The van der Waals surface area contributed by atoms with Crippen molar-refractivity contribution < 1.29 is 14.2 Å². The number of ether oxygens (including phenoxy) is 3. The molecule has 3 aromatic rings. The van der Waals surface area contributed by atoms with Crippen LogP contribution in [0.25, 0.3) is 16.9 Å². The van der Waals surface area contributed by atoms with Crippen LogP contribution < -0.4 is 19.9 Å². The van der Waals surface area contributed by atoms with Gasteiger partial charge in [0.15, 0.2) is 11.5 Å². The van der Waals surface area contributed by atoms with Crippen LogP contribution >= 0.6 is 0 Å². The number of hydrogen-bond donors (Lipinski definition) is 1. The molecule has 0 radical (unpaired) electrons. The summed E-state index contributed by atoms with van der Waals surface area (Å²) in [5, 5.41) is 0. The predicted molar refractivity (Wildman–Crippen MR) is 77.7 cm³/mol. The monoisotopic (exact) mass is 283 g/mol. The van der Waals surface area contributed by atoms with Crippen LogP contribution in [0.1, 0.15) is 0 Å². The van der Waals surface area contributed by atoms with Crippen LogP contribution in [0.2, 0.25) is 0 Å². The molecule has 0 aliphatic carbocycles. The van der Waals surface area contributed by atoms with Crippen molar-refractivity contribution in [1.82, 2.24) is 9.38 Å². The molecule has 2 N–H and O–H groups in total. The second-order valence-electron chi connectivity index (χ2n) is 4.69. The standard InChI is InChI=1S/C15H13N3O3/c1-19-10-6-9(7-11-14(10)21-8-20-11)13-15(16)18-5-3-2-4-12(18)17-13/h2-7H,8,16H2,1H3. The molecule has 1 aliphatic heterocycles. The van der Waals surface area contributed by atoms with Crippen molar-refractivity contribution >= 4 is 11.5 Å². The van der Waals surface area contributed by atoms with Crippen LogP contribution in [0.5, 0.6) is 17.2 Å². The van der Waals surface area contributed by atoms with Gasteiger partial charge in [-0.3, -0.25) is 4.40 Å². The molecular weight excluding hydrogens is 270 g/mol. The Morgan fingerprint density at radius 3 is 3.00 bits per heavy atom. The number of fused-ring (bicyclic) bond motifs is 2. The lowest BCUT2D eigenvalue weighted by Crippen LogP contribution is -1.94. The van der Waals surface area contributed by atoms with Crippen LogP contribution in [0.3, 0.4) is 0 Å². The van der Waals surface area contributed by atoms with Gasteiger partial charge in [-0.05, 0) is 24.3 Å². The molecular formula is C15H13N3O3. The predicted octanol–water partition coefficient (Wildman–Crippen LogP) is 2.32. The maximum absolute atomic E-state index is 6.20. The molecule has 0 amide bonds. The number of imidazole rings is 1. The summed E-state index contributed by atoms with van der Waals surface area (Å²) in [6, 6.07) is 9.46. The summed E-state index contributed by atoms with van der Waals surface area (Å²) in [5.41, 5.74) is 8.51. The number of nitrogen functional groups attached to an aromatic ring is 1. The van der Waals surface area contributed by atoms with E-state index in [0.717, 1.165) is 11.2 Å². The number of anilines is 1. The minimum absolute atomic E-state index is 0.190. The quantitative estimate of drug-likeness (QED) is 0.781. The summed E-state index contributed by atoms with van der Waals surface area (Å²) in [4.78, 5) is 4.57. The number of pyridine rings is 1. The largest absolute Gasteiger partial charge is 0.493 e. The second kappa shape index (κ2) is 4.31. The Kier molecular flexibility index (Phi) is 2.44. The fraction of sp³-hybridized carbons (Fsp3) is 0.133. The van der Waals surface area contributed by atoms with Crippen molar-refractivity contribution in [3.8, 4) is 28.5 Å². The van der Waals surface area contributed by atoms with Gasteiger partial charge in [0.25, 0.3) is 0 Å². The molecule has 0 atom stereocenters. The van der Waals surface area contributed by atoms with Crippen molar-refractivity contribution in [3.05, 3.63) is 36.5 Å². The number of hydrogen-bond acceptors (Lipinski definition) is 5. The average Bonchev–Trinajstić information content (AvgIpc) is 3.11. The van der Waals surface area contributed by atoms with E-state index in [4.69, 9.17) is 19.9 Å². The molecule has 6 nitrogen and oxygen atoms in total. The van der Waals surface area contributed by atoms with Crippen LogP contribution in [-0.2, 0) is 0 Å². The lowest BCUT2D eigenvalue weighted by atomic mass is 10.1. The van der Waals surface area contributed by atoms with E-state index >= 15 is 0 Å². The van der Waals surface area contributed by atoms with E-state index in [0.29, 0.717) is 28.8 Å². The van der Waals surface area contributed by atoms with E-state index in [2.05, 4.69) is 4.98 Å². The number of benzene rings is 1. The van der Waals surface area contributed by atoms with E-state index in [-0.39, 0.29) is 6.79 Å². The summed E-state index contributed by atoms with van der Waals surface area (Å²) < 4.78 is 18.0. The van der Waals surface area contributed by atoms with E-state index < -0.39 is 0 Å². The SMILES string of the molecule is COc1cc(-c2nc3ccccn3c2N)cc2c1OCO2. The Hall–Kier alpha value is -2.89. The molecule has 0 saturated carbocycles. The molecule has 106 valence electrons. The van der Waals surface area contributed by atoms with Crippen molar-refractivity contribution in [2.75, 3.05) is 19.6 Å². The summed E-state index contributed by atoms with van der Waals surface area (Å²) in [7, 11) is 1.59. The first-order chi connectivity index (χ1) is 10.3. The molecule has 0 bridgehead atoms. The number of rotatable bonds is 2. The molecule has 0 fully saturated rings. The van der Waals surface area contributed by atoms with Crippen LogP contribution in [-0.4, -0.2) is 23.3 Å². The fourth-order valence-corrected chi connectivity index (χ4v) is 2.49. The normalized spacial score (nSPS) is 12.8. The molecule has 0 unspecified atom stereocenters. The maximum atomic E-state index is 6.20. The third kappa shape index (κ3) is 1.69. The molecule has 0 spiro atoms. The summed E-state index contributed by atoms with van der Waals surface area (Å²) in [6.45, 7) is 0.190. The molecule has 0 saturated heterocycles. The smallest absolute Gasteiger partial charge is 0.231 e. The molecule has 3 heterocycles.